The number of nitro benzene ring substituents is 1. The third kappa shape index (κ3) is 3.32. The van der Waals surface area contributed by atoms with Gasteiger partial charge in [0.1, 0.15) is 18.0 Å². The van der Waals surface area contributed by atoms with Crippen LogP contribution in [0.4, 0.5) is 14.5 Å². The van der Waals surface area contributed by atoms with E-state index in [-0.39, 0.29) is 12.1 Å². The molecule has 0 aliphatic heterocycles. The van der Waals surface area contributed by atoms with Gasteiger partial charge < -0.3 is 5.32 Å². The van der Waals surface area contributed by atoms with E-state index in [0.717, 1.165) is 6.07 Å². The quantitative estimate of drug-likeness (QED) is 0.473. The van der Waals surface area contributed by atoms with Gasteiger partial charge in [0.05, 0.1) is 4.92 Å². The molecule has 0 amide bonds. The van der Waals surface area contributed by atoms with E-state index in [2.05, 4.69) is 20.5 Å². The molecule has 1 aromatic carbocycles. The molecule has 1 aromatic heterocycles. The zero-order valence-corrected chi connectivity index (χ0v) is 10.3. The van der Waals surface area contributed by atoms with Gasteiger partial charge >= 0.3 is 5.69 Å². The van der Waals surface area contributed by atoms with Crippen molar-refractivity contribution in [1.29, 1.82) is 0 Å². The molecule has 0 unspecified atom stereocenters. The van der Waals surface area contributed by atoms with Crippen LogP contribution >= 0.6 is 0 Å². The SMILES string of the molecule is O=[N+]([O-])c1cc(CNCCc2ncn[nH]2)c(F)cc1F. The van der Waals surface area contributed by atoms with Gasteiger partial charge in [0.25, 0.3) is 0 Å². The van der Waals surface area contributed by atoms with Gasteiger partial charge in [-0.3, -0.25) is 15.2 Å². The first-order chi connectivity index (χ1) is 9.58. The predicted molar refractivity (Wildman–Crippen MR) is 64.8 cm³/mol. The standard InChI is InChI=1S/C11H11F2N5O2/c12-8-4-9(13)10(18(19)20)3-7(8)5-14-2-1-11-15-6-16-17-11/h3-4,6,14H,1-2,5H2,(H,15,16,17). The maximum absolute atomic E-state index is 13.5. The summed E-state index contributed by atoms with van der Waals surface area (Å²) in [6, 6.07) is 1.41. The van der Waals surface area contributed by atoms with Crippen LogP contribution in [0.25, 0.3) is 0 Å². The summed E-state index contributed by atoms with van der Waals surface area (Å²) in [6.45, 7) is 0.529. The molecule has 0 saturated carbocycles. The van der Waals surface area contributed by atoms with Crippen LogP contribution in [-0.4, -0.2) is 26.6 Å². The number of halogens is 2. The molecule has 0 aliphatic carbocycles. The molecule has 7 nitrogen and oxygen atoms in total. The topological polar surface area (TPSA) is 96.7 Å². The Labute approximate surface area is 112 Å². The van der Waals surface area contributed by atoms with Crippen molar-refractivity contribution in [1.82, 2.24) is 20.5 Å². The summed E-state index contributed by atoms with van der Waals surface area (Å²) in [5.41, 5.74) is -0.700. The lowest BCUT2D eigenvalue weighted by atomic mass is 10.1. The smallest absolute Gasteiger partial charge is 0.305 e. The van der Waals surface area contributed by atoms with Gasteiger partial charge in [-0.2, -0.15) is 9.49 Å². The Hall–Kier alpha value is -2.42. The minimum atomic E-state index is -1.18. The highest BCUT2D eigenvalue weighted by molar-refractivity contribution is 5.37. The van der Waals surface area contributed by atoms with E-state index in [1.807, 2.05) is 0 Å². The van der Waals surface area contributed by atoms with Gasteiger partial charge in [0.2, 0.25) is 5.82 Å². The fourth-order valence-electron chi connectivity index (χ4n) is 1.64. The molecule has 1 heterocycles. The average molecular weight is 283 g/mol. The number of hydrogen-bond donors (Lipinski definition) is 2. The number of H-pyrrole nitrogens is 1. The van der Waals surface area contributed by atoms with E-state index >= 15 is 0 Å². The lowest BCUT2D eigenvalue weighted by molar-refractivity contribution is -0.387. The van der Waals surface area contributed by atoms with Crippen molar-refractivity contribution in [2.75, 3.05) is 6.54 Å². The van der Waals surface area contributed by atoms with Crippen molar-refractivity contribution >= 4 is 5.69 Å². The highest BCUT2D eigenvalue weighted by Gasteiger charge is 2.18. The van der Waals surface area contributed by atoms with Gasteiger partial charge in [-0.25, -0.2) is 9.37 Å². The van der Waals surface area contributed by atoms with E-state index in [0.29, 0.717) is 24.9 Å². The van der Waals surface area contributed by atoms with Crippen LogP contribution < -0.4 is 5.32 Å². The summed E-state index contributed by atoms with van der Waals surface area (Å²) in [6.07, 6.45) is 1.92. The first kappa shape index (κ1) is 14.0. The lowest BCUT2D eigenvalue weighted by Crippen LogP contribution is -2.18. The second-order valence-corrected chi connectivity index (χ2v) is 4.01. The molecule has 106 valence electrons. The second-order valence-electron chi connectivity index (χ2n) is 4.01. The molecule has 0 bridgehead atoms. The molecule has 0 spiro atoms. The normalized spacial score (nSPS) is 10.7. The number of nitrogens with zero attached hydrogens (tertiary/aromatic N) is 3. The Bertz CT molecular complexity index is 603. The van der Waals surface area contributed by atoms with E-state index in [1.54, 1.807) is 0 Å². The van der Waals surface area contributed by atoms with E-state index in [9.17, 15) is 18.9 Å². The van der Waals surface area contributed by atoms with Crippen molar-refractivity contribution < 1.29 is 13.7 Å². The molecule has 0 fully saturated rings. The fourth-order valence-corrected chi connectivity index (χ4v) is 1.64. The molecule has 2 N–H and O–H groups in total. The van der Waals surface area contributed by atoms with Crippen molar-refractivity contribution in [2.24, 2.45) is 0 Å². The number of nitro groups is 1. The minimum absolute atomic E-state index is 0.0377. The van der Waals surface area contributed by atoms with Gasteiger partial charge in [-0.15, -0.1) is 0 Å². The molecule has 9 heteroatoms. The number of aromatic nitrogens is 3. The molecule has 2 aromatic rings. The van der Waals surface area contributed by atoms with Crippen LogP contribution in [0.2, 0.25) is 0 Å². The summed E-state index contributed by atoms with van der Waals surface area (Å²) in [7, 11) is 0. The van der Waals surface area contributed by atoms with Crippen LogP contribution in [0.3, 0.4) is 0 Å². The van der Waals surface area contributed by atoms with Crippen molar-refractivity contribution in [3.05, 3.63) is 51.6 Å². The maximum atomic E-state index is 13.5. The summed E-state index contributed by atoms with van der Waals surface area (Å²) in [4.78, 5) is 13.6. The Morgan fingerprint density at radius 1 is 1.35 bits per heavy atom. The number of aromatic amines is 1. The van der Waals surface area contributed by atoms with Gasteiger partial charge in [0.15, 0.2) is 0 Å². The molecular weight excluding hydrogens is 272 g/mol. The van der Waals surface area contributed by atoms with E-state index < -0.39 is 22.2 Å². The van der Waals surface area contributed by atoms with Crippen LogP contribution in [0.15, 0.2) is 18.5 Å². The summed E-state index contributed by atoms with van der Waals surface area (Å²) < 4.78 is 26.6. The molecule has 0 aliphatic rings. The zero-order valence-electron chi connectivity index (χ0n) is 10.3. The van der Waals surface area contributed by atoms with Gasteiger partial charge in [-0.05, 0) is 0 Å². The third-order valence-electron chi connectivity index (χ3n) is 2.63. The van der Waals surface area contributed by atoms with Crippen molar-refractivity contribution in [3.63, 3.8) is 0 Å². The Kier molecular flexibility index (Phi) is 4.31. The third-order valence-corrected chi connectivity index (χ3v) is 2.63. The number of nitrogens with one attached hydrogen (secondary N) is 2. The molecule has 20 heavy (non-hydrogen) atoms. The van der Waals surface area contributed by atoms with Gasteiger partial charge in [0, 0.05) is 37.2 Å². The highest BCUT2D eigenvalue weighted by atomic mass is 19.1. The number of benzene rings is 1. The Balaban J connectivity index is 1.95. The Morgan fingerprint density at radius 2 is 2.15 bits per heavy atom. The Morgan fingerprint density at radius 3 is 2.80 bits per heavy atom. The molecule has 0 radical (unpaired) electrons. The molecule has 2 rings (SSSR count). The van der Waals surface area contributed by atoms with Crippen LogP contribution in [0, 0.1) is 21.7 Å². The fraction of sp³-hybridized carbons (Fsp3) is 0.273. The lowest BCUT2D eigenvalue weighted by Gasteiger charge is -2.05. The minimum Gasteiger partial charge on any atom is -0.312 e. The van der Waals surface area contributed by atoms with E-state index in [1.165, 1.54) is 6.33 Å². The first-order valence-electron chi connectivity index (χ1n) is 5.75. The average Bonchev–Trinajstić information content (AvgIpc) is 2.89. The summed E-state index contributed by atoms with van der Waals surface area (Å²) in [5, 5.41) is 19.8. The predicted octanol–water partition coefficient (Wildman–Crippen LogP) is 1.32. The van der Waals surface area contributed by atoms with E-state index in [4.69, 9.17) is 0 Å². The maximum Gasteiger partial charge on any atom is 0.305 e. The van der Waals surface area contributed by atoms with Crippen LogP contribution in [-0.2, 0) is 13.0 Å². The van der Waals surface area contributed by atoms with Crippen molar-refractivity contribution in [2.45, 2.75) is 13.0 Å². The van der Waals surface area contributed by atoms with Gasteiger partial charge in [-0.1, -0.05) is 0 Å². The number of rotatable bonds is 6. The van der Waals surface area contributed by atoms with Crippen LogP contribution in [0.5, 0.6) is 0 Å². The zero-order chi connectivity index (χ0) is 14.5. The molecule has 0 atom stereocenters. The summed E-state index contributed by atoms with van der Waals surface area (Å²) in [5.74, 6) is -1.33. The second kappa shape index (κ2) is 6.15. The monoisotopic (exact) mass is 283 g/mol. The molecule has 0 saturated heterocycles. The number of hydrogen-bond acceptors (Lipinski definition) is 5. The highest BCUT2D eigenvalue weighted by Crippen LogP contribution is 2.21. The first-order valence-corrected chi connectivity index (χ1v) is 5.75. The van der Waals surface area contributed by atoms with Crippen molar-refractivity contribution in [3.8, 4) is 0 Å². The van der Waals surface area contributed by atoms with Crippen LogP contribution in [0.1, 0.15) is 11.4 Å². The summed E-state index contributed by atoms with van der Waals surface area (Å²) >= 11 is 0. The molecular formula is C11H11F2N5O2. The largest absolute Gasteiger partial charge is 0.312 e.